The summed E-state index contributed by atoms with van der Waals surface area (Å²) in [6.45, 7) is 9.09. The molecule has 0 spiro atoms. The van der Waals surface area contributed by atoms with Crippen molar-refractivity contribution in [3.63, 3.8) is 0 Å². The van der Waals surface area contributed by atoms with Gasteiger partial charge in [-0.15, -0.1) is 0 Å². The fraction of sp³-hybridized carbons (Fsp3) is 0.933. The zero-order valence-corrected chi connectivity index (χ0v) is 15.2. The van der Waals surface area contributed by atoms with Crippen LogP contribution in [0.15, 0.2) is 0 Å². The molecule has 0 bridgehead atoms. The minimum absolute atomic E-state index is 0.425. The van der Waals surface area contributed by atoms with Gasteiger partial charge in [0.15, 0.2) is 0 Å². The molecule has 0 radical (unpaired) electrons. The molecule has 0 aliphatic rings. The van der Waals surface area contributed by atoms with Crippen LogP contribution in [-0.4, -0.2) is 18.4 Å². The van der Waals surface area contributed by atoms with Crippen molar-refractivity contribution in [1.82, 2.24) is 0 Å². The molecule has 0 saturated heterocycles. The van der Waals surface area contributed by atoms with E-state index in [-0.39, 0.29) is 0 Å². The van der Waals surface area contributed by atoms with Crippen LogP contribution in [0.5, 0.6) is 0 Å². The normalized spacial score (nSPS) is 13.4. The average Bonchev–Trinajstić information content (AvgIpc) is 2.37. The number of nitriles is 1. The van der Waals surface area contributed by atoms with Crippen molar-refractivity contribution in [2.75, 3.05) is 0 Å². The third kappa shape index (κ3) is 6.13. The molecule has 0 aliphatic heterocycles. The van der Waals surface area contributed by atoms with Crippen molar-refractivity contribution < 1.29 is 0 Å². The van der Waals surface area contributed by atoms with Gasteiger partial charge in [-0.1, -0.05) is 0 Å². The molecule has 2 heteroatoms. The van der Waals surface area contributed by atoms with Crippen molar-refractivity contribution in [3.05, 3.63) is 0 Å². The topological polar surface area (TPSA) is 23.8 Å². The minimum atomic E-state index is -2.16. The summed E-state index contributed by atoms with van der Waals surface area (Å²) in [5.41, 5.74) is 0. The van der Waals surface area contributed by atoms with Crippen LogP contribution in [0, 0.1) is 11.3 Å². The predicted molar refractivity (Wildman–Crippen MR) is 79.9 cm³/mol. The first-order valence-electron chi connectivity index (χ1n) is 7.56. The van der Waals surface area contributed by atoms with Crippen molar-refractivity contribution in [2.45, 2.75) is 83.5 Å². The maximum absolute atomic E-state index is 9.37. The summed E-state index contributed by atoms with van der Waals surface area (Å²) in [7, 11) is 0. The zero-order valence-electron chi connectivity index (χ0n) is 12.4. The van der Waals surface area contributed by atoms with E-state index in [1.165, 1.54) is 51.8 Å². The van der Waals surface area contributed by atoms with E-state index in [1.807, 2.05) is 0 Å². The van der Waals surface area contributed by atoms with E-state index in [0.29, 0.717) is 3.93 Å². The maximum atomic E-state index is 9.37. The molecule has 0 heterocycles. The van der Waals surface area contributed by atoms with Crippen LogP contribution in [0.25, 0.3) is 0 Å². The van der Waals surface area contributed by atoms with Crippen LogP contribution >= 0.6 is 0 Å². The second kappa shape index (κ2) is 10.2. The summed E-state index contributed by atoms with van der Waals surface area (Å²) in [5, 5.41) is 9.37. The monoisotopic (exact) mass is 345 g/mol. The Bertz CT molecular complexity index is 198. The van der Waals surface area contributed by atoms with E-state index in [2.05, 4.69) is 33.8 Å². The molecule has 1 unspecified atom stereocenters. The van der Waals surface area contributed by atoms with Gasteiger partial charge in [0.05, 0.1) is 0 Å². The summed E-state index contributed by atoms with van der Waals surface area (Å²) in [6.07, 6.45) is 8.01. The molecular formula is C15H31NSn. The van der Waals surface area contributed by atoms with E-state index in [0.717, 1.165) is 0 Å². The fourth-order valence-corrected chi connectivity index (χ4v) is 18.4. The fourth-order valence-electron chi connectivity index (χ4n) is 2.75. The molecular weight excluding hydrogens is 313 g/mol. The third-order valence-electron chi connectivity index (χ3n) is 4.20. The average molecular weight is 344 g/mol. The standard InChI is InChI=1S/3C4H9.C3H4N.Sn/c3*1-3-4-2;1-2-3-4;/h3*1,3-4H2,2H3;2H,1H3;. The summed E-state index contributed by atoms with van der Waals surface area (Å²) < 4.78 is 4.80. The Morgan fingerprint density at radius 3 is 1.47 bits per heavy atom. The van der Waals surface area contributed by atoms with Gasteiger partial charge >= 0.3 is 113 Å². The Morgan fingerprint density at radius 1 is 0.882 bits per heavy atom. The quantitative estimate of drug-likeness (QED) is 0.463. The van der Waals surface area contributed by atoms with Crippen LogP contribution < -0.4 is 0 Å². The Balaban J connectivity index is 4.71. The van der Waals surface area contributed by atoms with Gasteiger partial charge in [-0.2, -0.15) is 0 Å². The summed E-state index contributed by atoms with van der Waals surface area (Å²) in [4.78, 5) is 0. The van der Waals surface area contributed by atoms with E-state index in [9.17, 15) is 5.26 Å². The van der Waals surface area contributed by atoms with Gasteiger partial charge in [0.2, 0.25) is 0 Å². The Kier molecular flexibility index (Phi) is 10.4. The Morgan fingerprint density at radius 2 is 1.24 bits per heavy atom. The summed E-state index contributed by atoms with van der Waals surface area (Å²) in [6, 6.07) is 2.63. The second-order valence-electron chi connectivity index (χ2n) is 5.52. The number of hydrogen-bond donors (Lipinski definition) is 0. The molecule has 1 nitrogen and oxygen atoms in total. The Labute approximate surface area is 113 Å². The van der Waals surface area contributed by atoms with E-state index in [4.69, 9.17) is 0 Å². The number of nitrogens with zero attached hydrogens (tertiary/aromatic N) is 1. The van der Waals surface area contributed by atoms with Crippen molar-refractivity contribution in [2.24, 2.45) is 0 Å². The predicted octanol–water partition coefficient (Wildman–Crippen LogP) is 5.75. The molecule has 0 aromatic rings. The molecule has 0 rings (SSSR count). The molecule has 0 saturated carbocycles. The van der Waals surface area contributed by atoms with E-state index >= 15 is 0 Å². The second-order valence-corrected chi connectivity index (χ2v) is 20.1. The molecule has 0 aromatic heterocycles. The number of unbranched alkanes of at least 4 members (excludes halogenated alkanes) is 3. The molecule has 0 fully saturated rings. The van der Waals surface area contributed by atoms with Gasteiger partial charge < -0.3 is 0 Å². The van der Waals surface area contributed by atoms with E-state index in [1.54, 1.807) is 0 Å². The zero-order chi connectivity index (χ0) is 13.1. The third-order valence-corrected chi connectivity index (χ3v) is 21.4. The van der Waals surface area contributed by atoms with Gasteiger partial charge in [0.1, 0.15) is 0 Å². The van der Waals surface area contributed by atoms with Crippen LogP contribution in [0.3, 0.4) is 0 Å². The van der Waals surface area contributed by atoms with Gasteiger partial charge in [-0.3, -0.25) is 0 Å². The van der Waals surface area contributed by atoms with Gasteiger partial charge in [0.25, 0.3) is 0 Å². The van der Waals surface area contributed by atoms with Gasteiger partial charge in [-0.25, -0.2) is 0 Å². The molecule has 100 valence electrons. The van der Waals surface area contributed by atoms with Crippen molar-refractivity contribution in [1.29, 1.82) is 5.26 Å². The first-order valence-corrected chi connectivity index (χ1v) is 15.3. The van der Waals surface area contributed by atoms with Crippen molar-refractivity contribution in [3.8, 4) is 6.07 Å². The summed E-state index contributed by atoms with van der Waals surface area (Å²) >= 11 is -2.16. The first-order chi connectivity index (χ1) is 8.16. The SMILES string of the molecule is CCC[CH2][Sn]([CH2]CCC)([CH2]CCC)[CH](C)C#N. The number of hydrogen-bond acceptors (Lipinski definition) is 1. The Hall–Kier alpha value is 0.289. The van der Waals surface area contributed by atoms with Crippen LogP contribution in [0.2, 0.25) is 17.2 Å². The molecule has 0 amide bonds. The van der Waals surface area contributed by atoms with Crippen LogP contribution in [-0.2, 0) is 0 Å². The van der Waals surface area contributed by atoms with Gasteiger partial charge in [0, 0.05) is 0 Å². The molecule has 17 heavy (non-hydrogen) atoms. The number of rotatable bonds is 10. The summed E-state index contributed by atoms with van der Waals surface area (Å²) in [5.74, 6) is 0. The van der Waals surface area contributed by atoms with Crippen molar-refractivity contribution >= 4 is 18.4 Å². The van der Waals surface area contributed by atoms with Crippen LogP contribution in [0.1, 0.15) is 66.2 Å². The van der Waals surface area contributed by atoms with E-state index < -0.39 is 18.4 Å². The first kappa shape index (κ1) is 17.3. The van der Waals surface area contributed by atoms with Gasteiger partial charge in [-0.05, 0) is 0 Å². The van der Waals surface area contributed by atoms with Crippen LogP contribution in [0.4, 0.5) is 0 Å². The molecule has 1 atom stereocenters. The molecule has 0 aliphatic carbocycles. The molecule has 0 aromatic carbocycles. The molecule has 0 N–H and O–H groups in total.